The second-order valence-corrected chi connectivity index (χ2v) is 8.02. The van der Waals surface area contributed by atoms with Gasteiger partial charge in [-0.05, 0) is 30.7 Å². The number of aryl methyl sites for hydroxylation is 2. The number of alkyl halides is 3. The first-order valence-corrected chi connectivity index (χ1v) is 10.7. The van der Waals surface area contributed by atoms with Crippen molar-refractivity contribution in [3.05, 3.63) is 81.2 Å². The molecule has 0 unspecified atom stereocenters. The number of carbonyl (C=O) groups is 1. The zero-order chi connectivity index (χ0) is 26.0. The van der Waals surface area contributed by atoms with Crippen molar-refractivity contribution >= 4 is 5.91 Å². The third-order valence-corrected chi connectivity index (χ3v) is 5.51. The maximum Gasteiger partial charge on any atom is 0.416 e. The Hall–Kier alpha value is -4.19. The number of benzene rings is 1. The summed E-state index contributed by atoms with van der Waals surface area (Å²) in [5, 5.41) is 10.5. The number of aromatic amines is 1. The highest BCUT2D eigenvalue weighted by molar-refractivity contribution is 6.04. The van der Waals surface area contributed by atoms with E-state index in [-0.39, 0.29) is 29.8 Å². The average Bonchev–Trinajstić information content (AvgIpc) is 3.45. The summed E-state index contributed by atoms with van der Waals surface area (Å²) < 4.78 is 52.2. The Balaban J connectivity index is 1.86. The molecule has 9 nitrogen and oxygen atoms in total. The van der Waals surface area contributed by atoms with E-state index in [9.17, 15) is 22.8 Å². The van der Waals surface area contributed by atoms with Crippen LogP contribution in [0.5, 0.6) is 0 Å². The van der Waals surface area contributed by atoms with E-state index in [2.05, 4.69) is 20.6 Å². The number of methoxy groups -OCH3 is 1. The number of carbonyl (C=O) groups excluding carboxylic acids is 1. The molecule has 0 fully saturated rings. The zero-order valence-electron chi connectivity index (χ0n) is 19.6. The number of ether oxygens (including phenoxy) is 1. The molecule has 0 aliphatic carbocycles. The molecule has 188 valence electrons. The van der Waals surface area contributed by atoms with Gasteiger partial charge in [-0.25, -0.2) is 0 Å². The highest BCUT2D eigenvalue weighted by atomic mass is 19.4. The molecular formula is C24H22F3N5O4. The Morgan fingerprint density at radius 2 is 2.00 bits per heavy atom. The van der Waals surface area contributed by atoms with Crippen molar-refractivity contribution in [3.63, 3.8) is 0 Å². The molecule has 0 aliphatic heterocycles. The molecule has 1 aromatic carbocycles. The predicted octanol–water partition coefficient (Wildman–Crippen LogP) is 3.83. The second kappa shape index (κ2) is 9.82. The van der Waals surface area contributed by atoms with Gasteiger partial charge in [-0.15, -0.1) is 0 Å². The van der Waals surface area contributed by atoms with E-state index in [4.69, 9.17) is 9.26 Å². The number of hydrogen-bond donors (Lipinski definition) is 2. The number of H-pyrrole nitrogens is 1. The molecule has 1 amide bonds. The van der Waals surface area contributed by atoms with Crippen LogP contribution in [0.2, 0.25) is 0 Å². The van der Waals surface area contributed by atoms with Crippen LogP contribution in [0.15, 0.2) is 51.9 Å². The lowest BCUT2D eigenvalue weighted by molar-refractivity contribution is -0.137. The number of nitrogens with one attached hydrogen (secondary N) is 2. The molecule has 2 N–H and O–H groups in total. The molecule has 36 heavy (non-hydrogen) atoms. The minimum atomic E-state index is -4.62. The van der Waals surface area contributed by atoms with E-state index >= 15 is 0 Å². The van der Waals surface area contributed by atoms with Gasteiger partial charge < -0.3 is 19.6 Å². The summed E-state index contributed by atoms with van der Waals surface area (Å²) in [6.45, 7) is 1.71. The molecular weight excluding hydrogens is 479 g/mol. The zero-order valence-corrected chi connectivity index (χ0v) is 19.6. The number of nitrogens with zero attached hydrogens (tertiary/aromatic N) is 3. The summed E-state index contributed by atoms with van der Waals surface area (Å²) in [6, 6.07) is 7.72. The molecule has 0 bridgehead atoms. The van der Waals surface area contributed by atoms with Crippen LogP contribution in [0.4, 0.5) is 13.2 Å². The Morgan fingerprint density at radius 1 is 1.22 bits per heavy atom. The lowest BCUT2D eigenvalue weighted by atomic mass is 9.91. The number of amides is 1. The van der Waals surface area contributed by atoms with Gasteiger partial charge in [-0.1, -0.05) is 17.3 Å². The van der Waals surface area contributed by atoms with Gasteiger partial charge in [0.15, 0.2) is 5.76 Å². The molecule has 0 aliphatic rings. The SMILES string of the molecule is COCc1cc(CNC(=O)c2c(-c3cccc(C(F)(F)F)c3)c(-c3ccnn3C)c(C)[nH]c2=O)on1. The first kappa shape index (κ1) is 24.9. The smallest absolute Gasteiger partial charge is 0.378 e. The fourth-order valence-electron chi connectivity index (χ4n) is 3.93. The molecule has 0 spiro atoms. The topological polar surface area (TPSA) is 115 Å². The predicted molar refractivity (Wildman–Crippen MR) is 123 cm³/mol. The maximum atomic E-state index is 13.5. The summed E-state index contributed by atoms with van der Waals surface area (Å²) in [6.07, 6.45) is -3.11. The molecule has 0 saturated heterocycles. The summed E-state index contributed by atoms with van der Waals surface area (Å²) in [5.74, 6) is -0.483. The van der Waals surface area contributed by atoms with Gasteiger partial charge in [0.05, 0.1) is 24.4 Å². The third-order valence-electron chi connectivity index (χ3n) is 5.51. The molecule has 0 radical (unpaired) electrons. The van der Waals surface area contributed by atoms with Crippen LogP contribution in [-0.4, -0.2) is 32.9 Å². The van der Waals surface area contributed by atoms with Crippen molar-refractivity contribution in [2.24, 2.45) is 7.05 Å². The number of rotatable bonds is 7. The summed E-state index contributed by atoms with van der Waals surface area (Å²) >= 11 is 0. The Bertz CT molecular complexity index is 1470. The van der Waals surface area contributed by atoms with Crippen LogP contribution in [-0.2, 0) is 31.1 Å². The monoisotopic (exact) mass is 501 g/mol. The van der Waals surface area contributed by atoms with Gasteiger partial charge in [-0.3, -0.25) is 14.3 Å². The van der Waals surface area contributed by atoms with Crippen molar-refractivity contribution in [2.45, 2.75) is 26.3 Å². The minimum Gasteiger partial charge on any atom is -0.378 e. The van der Waals surface area contributed by atoms with Gasteiger partial charge in [0.2, 0.25) is 0 Å². The van der Waals surface area contributed by atoms with Crippen molar-refractivity contribution in [3.8, 4) is 22.4 Å². The van der Waals surface area contributed by atoms with Crippen molar-refractivity contribution in [1.82, 2.24) is 25.2 Å². The standard InChI is InChI=1S/C24H22F3N5O4/c1-13-19(18-7-8-29-32(18)2)20(14-5-4-6-15(9-14)24(25,26)27)21(23(34)30-13)22(33)28-11-17-10-16(12-35-3)31-36-17/h4-10H,11-12H2,1-3H3,(H,28,33)(H,30,34). The Labute approximate surface area is 202 Å². The van der Waals surface area contributed by atoms with Crippen LogP contribution in [0, 0.1) is 6.92 Å². The van der Waals surface area contributed by atoms with E-state index in [1.165, 1.54) is 30.1 Å². The highest BCUT2D eigenvalue weighted by Gasteiger charge is 2.32. The second-order valence-electron chi connectivity index (χ2n) is 8.02. The average molecular weight is 501 g/mol. The first-order chi connectivity index (χ1) is 17.1. The Morgan fingerprint density at radius 3 is 2.67 bits per heavy atom. The van der Waals surface area contributed by atoms with Crippen LogP contribution in [0.25, 0.3) is 22.4 Å². The van der Waals surface area contributed by atoms with E-state index < -0.39 is 23.2 Å². The lowest BCUT2D eigenvalue weighted by Gasteiger charge is -2.18. The molecule has 0 saturated carbocycles. The number of aromatic nitrogens is 4. The molecule has 4 rings (SSSR count). The lowest BCUT2D eigenvalue weighted by Crippen LogP contribution is -2.31. The highest BCUT2D eigenvalue weighted by Crippen LogP contribution is 2.38. The van der Waals surface area contributed by atoms with E-state index in [0.29, 0.717) is 28.4 Å². The maximum absolute atomic E-state index is 13.5. The van der Waals surface area contributed by atoms with Crippen LogP contribution >= 0.6 is 0 Å². The molecule has 0 atom stereocenters. The quantitative estimate of drug-likeness (QED) is 0.398. The minimum absolute atomic E-state index is 0.0566. The summed E-state index contributed by atoms with van der Waals surface area (Å²) in [4.78, 5) is 29.0. The van der Waals surface area contributed by atoms with Crippen molar-refractivity contribution in [2.75, 3.05) is 7.11 Å². The van der Waals surface area contributed by atoms with Crippen molar-refractivity contribution < 1.29 is 27.2 Å². The Kier molecular flexibility index (Phi) is 6.80. The molecule has 3 aromatic heterocycles. The molecule has 4 aromatic rings. The number of hydrogen-bond acceptors (Lipinski definition) is 6. The third kappa shape index (κ3) is 4.93. The van der Waals surface area contributed by atoms with Gasteiger partial charge in [0.1, 0.15) is 11.3 Å². The van der Waals surface area contributed by atoms with E-state index in [1.54, 1.807) is 26.1 Å². The first-order valence-electron chi connectivity index (χ1n) is 10.7. The number of pyridine rings is 1. The van der Waals surface area contributed by atoms with E-state index in [1.807, 2.05) is 0 Å². The molecule has 3 heterocycles. The number of halogens is 3. The van der Waals surface area contributed by atoms with Crippen molar-refractivity contribution in [1.29, 1.82) is 0 Å². The molecule has 12 heteroatoms. The fourth-order valence-corrected chi connectivity index (χ4v) is 3.93. The van der Waals surface area contributed by atoms with Gasteiger partial charge in [0, 0.05) is 43.2 Å². The van der Waals surface area contributed by atoms with Crippen LogP contribution in [0.3, 0.4) is 0 Å². The van der Waals surface area contributed by atoms with Gasteiger partial charge >= 0.3 is 6.18 Å². The summed E-state index contributed by atoms with van der Waals surface area (Å²) in [7, 11) is 3.14. The van der Waals surface area contributed by atoms with Gasteiger partial charge in [0.25, 0.3) is 11.5 Å². The van der Waals surface area contributed by atoms with E-state index in [0.717, 1.165) is 12.1 Å². The van der Waals surface area contributed by atoms with Crippen LogP contribution in [0.1, 0.15) is 33.1 Å². The summed E-state index contributed by atoms with van der Waals surface area (Å²) in [5.41, 5.74) is -0.124. The van der Waals surface area contributed by atoms with Gasteiger partial charge in [-0.2, -0.15) is 18.3 Å². The fraction of sp³-hybridized carbons (Fsp3) is 0.250. The largest absolute Gasteiger partial charge is 0.416 e. The normalized spacial score (nSPS) is 11.6. The van der Waals surface area contributed by atoms with Crippen LogP contribution < -0.4 is 10.9 Å².